The Morgan fingerprint density at radius 1 is 0.981 bits per heavy atom. The zero-order valence-corrected chi connectivity index (χ0v) is 30.3. The number of carbonyl (C=O) groups excluding carboxylic acids is 2. The van der Waals surface area contributed by atoms with Crippen LogP contribution in [0.4, 0.5) is 5.69 Å². The fraction of sp³-hybridized carbons (Fsp3) is 0.524. The number of piperidine rings is 3. The van der Waals surface area contributed by atoms with Crippen LogP contribution in [0.25, 0.3) is 17.0 Å². The number of hydrogen-bond donors (Lipinski definition) is 3. The van der Waals surface area contributed by atoms with Crippen molar-refractivity contribution in [1.82, 2.24) is 9.88 Å². The van der Waals surface area contributed by atoms with E-state index in [0.29, 0.717) is 23.6 Å². The number of carbonyl (C=O) groups is 2. The van der Waals surface area contributed by atoms with E-state index in [4.69, 9.17) is 18.9 Å². The molecular formula is C42H49N4O6+. The molecule has 10 rings (SSSR count). The molecule has 8 heterocycles. The highest BCUT2D eigenvalue weighted by Crippen LogP contribution is 2.55. The molecule has 7 aliphatic heterocycles. The van der Waals surface area contributed by atoms with Gasteiger partial charge in [-0.05, 0) is 56.8 Å². The van der Waals surface area contributed by atoms with Gasteiger partial charge in [-0.2, -0.15) is 0 Å². The van der Waals surface area contributed by atoms with Crippen LogP contribution in [0.2, 0.25) is 0 Å². The van der Waals surface area contributed by atoms with Crippen molar-refractivity contribution in [1.29, 1.82) is 0 Å². The van der Waals surface area contributed by atoms with Gasteiger partial charge in [0.2, 0.25) is 0 Å². The predicted molar refractivity (Wildman–Crippen MR) is 195 cm³/mol. The number of rotatable bonds is 3. The Morgan fingerprint density at radius 2 is 1.81 bits per heavy atom. The Hall–Kier alpha value is -4.12. The summed E-state index contributed by atoms with van der Waals surface area (Å²) < 4.78 is 24.7. The van der Waals surface area contributed by atoms with Gasteiger partial charge < -0.3 is 34.1 Å². The Balaban J connectivity index is 1.10. The number of esters is 2. The van der Waals surface area contributed by atoms with E-state index in [2.05, 4.69) is 89.9 Å². The minimum Gasteiger partial charge on any atom is -0.497 e. The molecule has 3 N–H and O–H groups in total. The third-order valence-electron chi connectivity index (χ3n) is 14.4. The SMILES string of the molecule is COC(=O)C1=COC(C)C2C[NH+]3C=Cc4c([nH]c5ccccc45)C3C(C3OC(C)C4CN5CCC6c7ccccc7NC6C5CC4C3C(=O)OC)C12. The molecule has 14 unspecified atom stereocenters. The first kappa shape index (κ1) is 32.5. The number of hydrogen-bond acceptors (Lipinski definition) is 8. The molecule has 1 aromatic heterocycles. The quantitative estimate of drug-likeness (QED) is 0.347. The number of nitrogens with one attached hydrogen (secondary N) is 3. The van der Waals surface area contributed by atoms with Gasteiger partial charge in [0.05, 0.1) is 74.5 Å². The van der Waals surface area contributed by atoms with Crippen LogP contribution in [0.15, 0.2) is 66.6 Å². The summed E-state index contributed by atoms with van der Waals surface area (Å²) in [6.45, 7) is 7.01. The minimum atomic E-state index is -0.502. The number of aromatic nitrogens is 1. The Kier molecular flexibility index (Phi) is 7.64. The van der Waals surface area contributed by atoms with Crippen molar-refractivity contribution < 1.29 is 33.4 Å². The maximum atomic E-state index is 14.5. The molecule has 10 heteroatoms. The third kappa shape index (κ3) is 4.66. The topological polar surface area (TPSA) is 107 Å². The van der Waals surface area contributed by atoms with Gasteiger partial charge in [0.25, 0.3) is 0 Å². The molecule has 14 atom stereocenters. The van der Waals surface area contributed by atoms with Crippen molar-refractivity contribution in [3.63, 3.8) is 0 Å². The highest BCUT2D eigenvalue weighted by molar-refractivity contribution is 5.91. The van der Waals surface area contributed by atoms with Gasteiger partial charge in [-0.25, -0.2) is 4.79 Å². The zero-order chi connectivity index (χ0) is 35.4. The second-order valence-electron chi connectivity index (χ2n) is 16.4. The summed E-state index contributed by atoms with van der Waals surface area (Å²) >= 11 is 0. The third-order valence-corrected chi connectivity index (χ3v) is 14.4. The largest absolute Gasteiger partial charge is 0.497 e. The van der Waals surface area contributed by atoms with Gasteiger partial charge in [0.1, 0.15) is 12.1 Å². The Morgan fingerprint density at radius 3 is 2.65 bits per heavy atom. The molecule has 52 heavy (non-hydrogen) atoms. The molecule has 272 valence electrons. The van der Waals surface area contributed by atoms with Gasteiger partial charge in [-0.3, -0.25) is 9.69 Å². The zero-order valence-electron chi connectivity index (χ0n) is 30.3. The maximum Gasteiger partial charge on any atom is 0.337 e. The van der Waals surface area contributed by atoms with Crippen molar-refractivity contribution in [2.24, 2.45) is 35.5 Å². The van der Waals surface area contributed by atoms with E-state index in [1.807, 2.05) is 0 Å². The summed E-state index contributed by atoms with van der Waals surface area (Å²) in [5.41, 5.74) is 6.57. The van der Waals surface area contributed by atoms with E-state index in [0.717, 1.165) is 43.7 Å². The molecule has 7 aliphatic rings. The van der Waals surface area contributed by atoms with Crippen molar-refractivity contribution >= 4 is 34.6 Å². The molecular weight excluding hydrogens is 656 g/mol. The number of aromatic amines is 1. The number of methoxy groups -OCH3 is 2. The molecule has 0 bridgehead atoms. The van der Waals surface area contributed by atoms with Crippen molar-refractivity contribution in [2.45, 2.75) is 69.0 Å². The fourth-order valence-electron chi connectivity index (χ4n) is 12.1. The summed E-state index contributed by atoms with van der Waals surface area (Å²) in [6.07, 6.45) is 7.44. The highest BCUT2D eigenvalue weighted by Gasteiger charge is 2.64. The molecule has 0 spiro atoms. The lowest BCUT2D eigenvalue weighted by Crippen LogP contribution is -3.12. The van der Waals surface area contributed by atoms with Gasteiger partial charge >= 0.3 is 11.9 Å². The summed E-state index contributed by atoms with van der Waals surface area (Å²) in [6, 6.07) is 17.7. The van der Waals surface area contributed by atoms with Crippen LogP contribution in [0, 0.1) is 35.5 Å². The second-order valence-corrected chi connectivity index (χ2v) is 16.4. The molecule has 10 nitrogen and oxygen atoms in total. The molecule has 0 saturated carbocycles. The number of H-pyrrole nitrogens is 1. The first-order valence-corrected chi connectivity index (χ1v) is 19.3. The predicted octanol–water partition coefficient (Wildman–Crippen LogP) is 4.28. The number of quaternary nitrogens is 1. The smallest absolute Gasteiger partial charge is 0.337 e. The number of benzene rings is 2. The second kappa shape index (κ2) is 12.2. The number of para-hydroxylation sites is 2. The van der Waals surface area contributed by atoms with Crippen LogP contribution < -0.4 is 10.2 Å². The van der Waals surface area contributed by atoms with Crippen LogP contribution >= 0.6 is 0 Å². The molecule has 4 saturated heterocycles. The average molecular weight is 706 g/mol. The Bertz CT molecular complexity index is 1990. The molecule has 2 aromatic carbocycles. The fourth-order valence-corrected chi connectivity index (χ4v) is 12.1. The van der Waals surface area contributed by atoms with Crippen LogP contribution in [-0.4, -0.2) is 86.1 Å². The minimum absolute atomic E-state index is 0.00278. The lowest BCUT2D eigenvalue weighted by molar-refractivity contribution is -0.900. The van der Waals surface area contributed by atoms with Crippen LogP contribution in [0.3, 0.4) is 0 Å². The van der Waals surface area contributed by atoms with Gasteiger partial charge in [0.15, 0.2) is 0 Å². The van der Waals surface area contributed by atoms with E-state index < -0.39 is 12.0 Å². The van der Waals surface area contributed by atoms with Crippen LogP contribution in [0.5, 0.6) is 0 Å². The van der Waals surface area contributed by atoms with E-state index in [-0.39, 0.29) is 59.8 Å². The normalized spacial score (nSPS) is 39.9. The van der Waals surface area contributed by atoms with Crippen LogP contribution in [0.1, 0.15) is 55.5 Å². The standard InChI is InChI=1S/C42H48N4O6/c1-21-29-19-46-16-14-26-24-10-6-8-12-32(24)44-38(26)39(46)36(34(29)30(20-51-21)41(47)49-3)40-35(42(48)50-4)27-17-33-37-25(23-9-5-7-11-31(23)43-37)13-15-45(33)18-28(27)22(2)52-40/h5-12,14,16,20-22,25,27-29,33-37,39-40,43-44H,13,15,17-19H2,1-4H3/p+1. The number of anilines is 1. The summed E-state index contributed by atoms with van der Waals surface area (Å²) in [4.78, 5) is 35.9. The summed E-state index contributed by atoms with van der Waals surface area (Å²) in [7, 11) is 2.95. The average Bonchev–Trinajstić information content (AvgIpc) is 3.75. The monoisotopic (exact) mass is 705 g/mol. The summed E-state index contributed by atoms with van der Waals surface area (Å²) in [5, 5.41) is 5.10. The number of ether oxygens (including phenoxy) is 4. The van der Waals surface area contributed by atoms with E-state index in [1.54, 1.807) is 6.26 Å². The molecule has 0 radical (unpaired) electrons. The number of fused-ring (bicyclic) bond motifs is 12. The molecule has 0 amide bonds. The number of nitrogens with zero attached hydrogens (tertiary/aromatic N) is 1. The van der Waals surface area contributed by atoms with E-state index in [9.17, 15) is 9.59 Å². The van der Waals surface area contributed by atoms with Gasteiger partial charge in [-0.15, -0.1) is 0 Å². The van der Waals surface area contributed by atoms with Crippen molar-refractivity contribution in [3.05, 3.63) is 83.4 Å². The molecule has 3 aromatic rings. The van der Waals surface area contributed by atoms with Gasteiger partial charge in [-0.1, -0.05) is 36.4 Å². The lowest BCUT2D eigenvalue weighted by atomic mass is 9.58. The van der Waals surface area contributed by atoms with E-state index >= 15 is 0 Å². The first-order valence-electron chi connectivity index (χ1n) is 19.3. The molecule has 4 fully saturated rings. The van der Waals surface area contributed by atoms with Gasteiger partial charge in [0, 0.05) is 64.6 Å². The molecule has 0 aliphatic carbocycles. The van der Waals surface area contributed by atoms with E-state index in [1.165, 1.54) is 41.3 Å². The highest BCUT2D eigenvalue weighted by atomic mass is 16.5. The van der Waals surface area contributed by atoms with Crippen LogP contribution in [-0.2, 0) is 28.5 Å². The Labute approximate surface area is 304 Å². The summed E-state index contributed by atoms with van der Waals surface area (Å²) in [5.74, 6) is -0.905. The lowest BCUT2D eigenvalue weighted by Gasteiger charge is -2.59. The van der Waals surface area contributed by atoms with Crippen molar-refractivity contribution in [2.75, 3.05) is 39.2 Å². The van der Waals surface area contributed by atoms with Crippen molar-refractivity contribution in [3.8, 4) is 0 Å². The first-order chi connectivity index (χ1) is 25.4. The maximum absolute atomic E-state index is 14.5.